The summed E-state index contributed by atoms with van der Waals surface area (Å²) in [4.78, 5) is 15.8. The van der Waals surface area contributed by atoms with Crippen LogP contribution in [-0.2, 0) is 0 Å². The van der Waals surface area contributed by atoms with Gasteiger partial charge in [-0.1, -0.05) is 30.3 Å². The maximum absolute atomic E-state index is 11.9. The Labute approximate surface area is 107 Å². The number of pyridine rings is 1. The van der Waals surface area contributed by atoms with Crippen molar-refractivity contribution in [2.24, 2.45) is 5.73 Å². The number of nitrogens with zero attached hydrogens (tertiary/aromatic N) is 1. The lowest BCUT2D eigenvalue weighted by molar-refractivity contribution is 0.0977. The summed E-state index contributed by atoms with van der Waals surface area (Å²) in [7, 11) is 0. The molecule has 1 aromatic carbocycles. The van der Waals surface area contributed by atoms with E-state index >= 15 is 0 Å². The second kappa shape index (κ2) is 6.07. The topological polar surface area (TPSA) is 56.0 Å². The molecule has 3 nitrogen and oxygen atoms in total. The fraction of sp³-hybridized carbons (Fsp3) is 0.200. The number of aromatic nitrogens is 1. The lowest BCUT2D eigenvalue weighted by Gasteiger charge is -2.11. The highest BCUT2D eigenvalue weighted by molar-refractivity contribution is 5.95. The van der Waals surface area contributed by atoms with Crippen LogP contribution in [0.1, 0.15) is 34.8 Å². The minimum Gasteiger partial charge on any atom is -0.324 e. The molecule has 3 heteroatoms. The Morgan fingerprint density at radius 2 is 1.94 bits per heavy atom. The van der Waals surface area contributed by atoms with Crippen molar-refractivity contribution in [1.82, 2.24) is 4.98 Å². The molecule has 92 valence electrons. The lowest BCUT2D eigenvalue weighted by Crippen LogP contribution is -2.12. The van der Waals surface area contributed by atoms with Gasteiger partial charge in [0.1, 0.15) is 0 Å². The average molecular weight is 240 g/mol. The van der Waals surface area contributed by atoms with Crippen LogP contribution in [0, 0.1) is 0 Å². The fourth-order valence-corrected chi connectivity index (χ4v) is 1.83. The summed E-state index contributed by atoms with van der Waals surface area (Å²) in [6, 6.07) is 13.3. The maximum Gasteiger partial charge on any atom is 0.164 e. The Balaban J connectivity index is 1.91. The molecule has 1 heterocycles. The van der Waals surface area contributed by atoms with Crippen molar-refractivity contribution in [2.45, 2.75) is 18.9 Å². The van der Waals surface area contributed by atoms with E-state index in [1.54, 1.807) is 24.5 Å². The quantitative estimate of drug-likeness (QED) is 0.817. The molecule has 2 aromatic rings. The Morgan fingerprint density at radius 3 is 2.61 bits per heavy atom. The van der Waals surface area contributed by atoms with Crippen molar-refractivity contribution in [2.75, 3.05) is 0 Å². The van der Waals surface area contributed by atoms with Gasteiger partial charge in [-0.2, -0.15) is 0 Å². The molecule has 0 aliphatic carbocycles. The number of hydrogen-bond donors (Lipinski definition) is 1. The van der Waals surface area contributed by atoms with E-state index in [4.69, 9.17) is 5.73 Å². The average Bonchev–Trinajstić information content (AvgIpc) is 2.46. The summed E-state index contributed by atoms with van der Waals surface area (Å²) < 4.78 is 0. The third kappa shape index (κ3) is 3.25. The largest absolute Gasteiger partial charge is 0.324 e. The first-order valence-corrected chi connectivity index (χ1v) is 6.01. The number of benzene rings is 1. The molecule has 1 aromatic heterocycles. The number of nitrogens with two attached hydrogens (primary N) is 1. The van der Waals surface area contributed by atoms with Crippen LogP contribution in [0.4, 0.5) is 0 Å². The van der Waals surface area contributed by atoms with Gasteiger partial charge in [-0.05, 0) is 24.1 Å². The number of hydrogen-bond acceptors (Lipinski definition) is 3. The lowest BCUT2D eigenvalue weighted by atomic mass is 10.00. The molecule has 0 saturated carbocycles. The van der Waals surface area contributed by atoms with E-state index in [9.17, 15) is 4.79 Å². The third-order valence-corrected chi connectivity index (χ3v) is 2.89. The number of ketones is 1. The van der Waals surface area contributed by atoms with Crippen LogP contribution < -0.4 is 5.73 Å². The van der Waals surface area contributed by atoms with Crippen LogP contribution in [0.25, 0.3) is 0 Å². The summed E-state index contributed by atoms with van der Waals surface area (Å²) >= 11 is 0. The molecule has 18 heavy (non-hydrogen) atoms. The van der Waals surface area contributed by atoms with Crippen LogP contribution in [0.15, 0.2) is 54.9 Å². The summed E-state index contributed by atoms with van der Waals surface area (Å²) in [6.07, 6.45) is 4.35. The Bertz CT molecular complexity index is 496. The predicted molar refractivity (Wildman–Crippen MR) is 71.2 cm³/mol. The molecule has 0 amide bonds. The standard InChI is InChI=1S/C15H16N2O/c16-14(12-5-2-1-3-6-12)8-9-15(18)13-7-4-10-17-11-13/h1-7,10-11,14H,8-9,16H2. The highest BCUT2D eigenvalue weighted by atomic mass is 16.1. The molecule has 0 radical (unpaired) electrons. The van der Waals surface area contributed by atoms with Gasteiger partial charge in [-0.25, -0.2) is 0 Å². The van der Waals surface area contributed by atoms with E-state index in [1.165, 1.54) is 0 Å². The highest BCUT2D eigenvalue weighted by Gasteiger charge is 2.10. The predicted octanol–water partition coefficient (Wildman–Crippen LogP) is 2.74. The highest BCUT2D eigenvalue weighted by Crippen LogP contribution is 2.16. The smallest absolute Gasteiger partial charge is 0.164 e. The van der Waals surface area contributed by atoms with Gasteiger partial charge in [0.15, 0.2) is 5.78 Å². The van der Waals surface area contributed by atoms with Crippen molar-refractivity contribution >= 4 is 5.78 Å². The molecular weight excluding hydrogens is 224 g/mol. The maximum atomic E-state index is 11.9. The minimum atomic E-state index is -0.0909. The Morgan fingerprint density at radius 1 is 1.17 bits per heavy atom. The first-order valence-electron chi connectivity index (χ1n) is 6.01. The number of Topliss-reactive ketones (excluding diaryl/α,β-unsaturated/α-hetero) is 1. The fourth-order valence-electron chi connectivity index (χ4n) is 1.83. The zero-order valence-corrected chi connectivity index (χ0v) is 10.1. The first kappa shape index (κ1) is 12.5. The molecule has 0 aliphatic heterocycles. The van der Waals surface area contributed by atoms with Gasteiger partial charge in [0.2, 0.25) is 0 Å². The second-order valence-corrected chi connectivity index (χ2v) is 4.22. The molecule has 0 fully saturated rings. The first-order chi connectivity index (χ1) is 8.77. The normalized spacial score (nSPS) is 12.1. The van der Waals surface area contributed by atoms with E-state index in [1.807, 2.05) is 30.3 Å². The van der Waals surface area contributed by atoms with Gasteiger partial charge in [0.25, 0.3) is 0 Å². The molecule has 2 rings (SSSR count). The van der Waals surface area contributed by atoms with E-state index in [0.717, 1.165) is 5.56 Å². The van der Waals surface area contributed by atoms with Gasteiger partial charge in [-0.15, -0.1) is 0 Å². The van der Waals surface area contributed by atoms with E-state index in [2.05, 4.69) is 4.98 Å². The molecular formula is C15H16N2O. The zero-order valence-electron chi connectivity index (χ0n) is 10.1. The van der Waals surface area contributed by atoms with Crippen molar-refractivity contribution in [3.05, 3.63) is 66.0 Å². The summed E-state index contributed by atoms with van der Waals surface area (Å²) in [6.45, 7) is 0. The molecule has 0 spiro atoms. The number of carbonyl (C=O) groups excluding carboxylic acids is 1. The van der Waals surface area contributed by atoms with Gasteiger partial charge in [0, 0.05) is 30.4 Å². The van der Waals surface area contributed by atoms with Crippen molar-refractivity contribution < 1.29 is 4.79 Å². The summed E-state index contributed by atoms with van der Waals surface area (Å²) in [5.74, 6) is 0.0921. The van der Waals surface area contributed by atoms with Crippen LogP contribution in [0.3, 0.4) is 0 Å². The van der Waals surface area contributed by atoms with Gasteiger partial charge in [0.05, 0.1) is 0 Å². The van der Waals surface area contributed by atoms with E-state index in [-0.39, 0.29) is 11.8 Å². The van der Waals surface area contributed by atoms with Gasteiger partial charge >= 0.3 is 0 Å². The van der Waals surface area contributed by atoms with Crippen molar-refractivity contribution in [3.8, 4) is 0 Å². The minimum absolute atomic E-state index is 0.0909. The molecule has 1 unspecified atom stereocenters. The molecule has 0 saturated heterocycles. The van der Waals surface area contributed by atoms with Gasteiger partial charge in [-0.3, -0.25) is 9.78 Å². The molecule has 0 bridgehead atoms. The monoisotopic (exact) mass is 240 g/mol. The van der Waals surface area contributed by atoms with E-state index < -0.39 is 0 Å². The Kier molecular flexibility index (Phi) is 4.20. The van der Waals surface area contributed by atoms with Crippen LogP contribution in [0.5, 0.6) is 0 Å². The molecule has 1 atom stereocenters. The van der Waals surface area contributed by atoms with Crippen LogP contribution in [0.2, 0.25) is 0 Å². The summed E-state index contributed by atoms with van der Waals surface area (Å²) in [5, 5.41) is 0. The molecule has 0 aliphatic rings. The van der Waals surface area contributed by atoms with Gasteiger partial charge < -0.3 is 5.73 Å². The number of carbonyl (C=O) groups is 1. The molecule has 2 N–H and O–H groups in total. The SMILES string of the molecule is NC(CCC(=O)c1cccnc1)c1ccccc1. The van der Waals surface area contributed by atoms with Crippen molar-refractivity contribution in [1.29, 1.82) is 0 Å². The summed E-state index contributed by atoms with van der Waals surface area (Å²) in [5.41, 5.74) is 7.77. The Hall–Kier alpha value is -2.00. The van der Waals surface area contributed by atoms with Crippen LogP contribution in [-0.4, -0.2) is 10.8 Å². The number of rotatable bonds is 5. The van der Waals surface area contributed by atoms with Crippen molar-refractivity contribution in [3.63, 3.8) is 0 Å². The zero-order chi connectivity index (χ0) is 12.8. The third-order valence-electron chi connectivity index (χ3n) is 2.89. The second-order valence-electron chi connectivity index (χ2n) is 4.22. The van der Waals surface area contributed by atoms with E-state index in [0.29, 0.717) is 18.4 Å². The van der Waals surface area contributed by atoms with Crippen LogP contribution >= 0.6 is 0 Å².